The van der Waals surface area contributed by atoms with Crippen molar-refractivity contribution >= 4 is 29.3 Å². The zero-order chi connectivity index (χ0) is 19.4. The molecule has 0 saturated carbocycles. The van der Waals surface area contributed by atoms with Crippen LogP contribution in [0.5, 0.6) is 0 Å². The summed E-state index contributed by atoms with van der Waals surface area (Å²) in [7, 11) is 0. The van der Waals surface area contributed by atoms with Crippen LogP contribution in [0.3, 0.4) is 0 Å². The number of nitrogens with one attached hydrogen (secondary N) is 1. The monoisotopic (exact) mass is 403 g/mol. The maximum Gasteiger partial charge on any atom is 0.278 e. The molecule has 1 heterocycles. The second-order valence-electron chi connectivity index (χ2n) is 7.48. The third kappa shape index (κ3) is 5.07. The van der Waals surface area contributed by atoms with Gasteiger partial charge in [0.25, 0.3) is 5.91 Å². The molecule has 1 unspecified atom stereocenters. The summed E-state index contributed by atoms with van der Waals surface area (Å²) < 4.78 is 0. The van der Waals surface area contributed by atoms with E-state index in [2.05, 4.69) is 45.0 Å². The van der Waals surface area contributed by atoms with Crippen LogP contribution in [-0.4, -0.2) is 35.7 Å². The Hall–Kier alpha value is -1.49. The van der Waals surface area contributed by atoms with Crippen molar-refractivity contribution in [3.05, 3.63) is 70.2 Å². The summed E-state index contributed by atoms with van der Waals surface area (Å²) in [5.41, 5.74) is 3.58. The van der Waals surface area contributed by atoms with Gasteiger partial charge >= 0.3 is 0 Å². The van der Waals surface area contributed by atoms with E-state index in [0.29, 0.717) is 12.6 Å². The summed E-state index contributed by atoms with van der Waals surface area (Å²) in [5.74, 6) is 1.16. The van der Waals surface area contributed by atoms with Crippen LogP contribution in [0.4, 0.5) is 0 Å². The molecule has 0 radical (unpaired) electrons. The Morgan fingerprint density at radius 1 is 1.22 bits per heavy atom. The minimum absolute atomic E-state index is 0.0268. The Bertz CT molecular complexity index is 778. The quantitative estimate of drug-likeness (QED) is 0.795. The van der Waals surface area contributed by atoms with Crippen LogP contribution < -0.4 is 4.90 Å². The van der Waals surface area contributed by atoms with Gasteiger partial charge in [0.05, 0.1) is 6.04 Å². The summed E-state index contributed by atoms with van der Waals surface area (Å²) in [6.45, 7) is 8.62. The molecule has 1 aliphatic rings. The Morgan fingerprint density at radius 2 is 1.93 bits per heavy atom. The van der Waals surface area contributed by atoms with Crippen LogP contribution >= 0.6 is 23.4 Å². The summed E-state index contributed by atoms with van der Waals surface area (Å²) in [6, 6.07) is 16.9. The van der Waals surface area contributed by atoms with Gasteiger partial charge in [0.2, 0.25) is 0 Å². The normalized spacial score (nSPS) is 18.1. The minimum Gasteiger partial charge on any atom is -0.321 e. The first-order valence-corrected chi connectivity index (χ1v) is 10.9. The topological polar surface area (TPSA) is 24.8 Å². The minimum atomic E-state index is 0.0268. The molecular formula is C22H28ClN2OS+. The maximum atomic E-state index is 13.1. The third-order valence-corrected chi connectivity index (χ3v) is 6.72. The average molecular weight is 404 g/mol. The number of quaternary nitrogens is 1. The highest BCUT2D eigenvalue weighted by Crippen LogP contribution is 2.40. The highest BCUT2D eigenvalue weighted by Gasteiger charge is 2.34. The molecule has 1 fully saturated rings. The average Bonchev–Trinajstić information content (AvgIpc) is 3.13. The summed E-state index contributed by atoms with van der Waals surface area (Å²) in [4.78, 5) is 16.4. The standard InChI is InChI=1S/C22H27ClN2OS/c1-16(2)24(14-18-10-8-17(3)9-11-18)15-21(26)25-12-13-27-22(25)19-6-4-5-7-20(19)23/h4-11,16,22H,12-15H2,1-3H3/p+1/t22-/m1/s1. The third-order valence-electron chi connectivity index (χ3n) is 5.13. The van der Waals surface area contributed by atoms with Crippen LogP contribution in [-0.2, 0) is 11.3 Å². The largest absolute Gasteiger partial charge is 0.321 e. The molecule has 0 spiro atoms. The molecular weight excluding hydrogens is 376 g/mol. The zero-order valence-corrected chi connectivity index (χ0v) is 17.8. The van der Waals surface area contributed by atoms with Gasteiger partial charge in [0, 0.05) is 28.4 Å². The number of hydrogen-bond donors (Lipinski definition) is 1. The maximum absolute atomic E-state index is 13.1. The van der Waals surface area contributed by atoms with E-state index >= 15 is 0 Å². The molecule has 1 aliphatic heterocycles. The van der Waals surface area contributed by atoms with Crippen molar-refractivity contribution in [3.8, 4) is 0 Å². The summed E-state index contributed by atoms with van der Waals surface area (Å²) in [6.07, 6.45) is 0. The second kappa shape index (κ2) is 9.13. The highest BCUT2D eigenvalue weighted by atomic mass is 35.5. The molecule has 5 heteroatoms. The molecule has 2 atom stereocenters. The Balaban J connectivity index is 1.71. The molecule has 144 valence electrons. The lowest BCUT2D eigenvalue weighted by Crippen LogP contribution is -3.14. The number of benzene rings is 2. The van der Waals surface area contributed by atoms with Crippen molar-refractivity contribution < 1.29 is 9.69 Å². The molecule has 0 aromatic heterocycles. The predicted molar refractivity (Wildman–Crippen MR) is 114 cm³/mol. The van der Waals surface area contributed by atoms with Crippen LogP contribution in [0.2, 0.25) is 5.02 Å². The van der Waals surface area contributed by atoms with E-state index in [1.54, 1.807) is 11.8 Å². The second-order valence-corrected chi connectivity index (χ2v) is 9.08. The predicted octanol–water partition coefficient (Wildman–Crippen LogP) is 3.72. The number of hydrogen-bond acceptors (Lipinski definition) is 2. The first kappa shape index (κ1) is 20.2. The summed E-state index contributed by atoms with van der Waals surface area (Å²) >= 11 is 8.19. The van der Waals surface area contributed by atoms with Crippen LogP contribution in [0.25, 0.3) is 0 Å². The fraction of sp³-hybridized carbons (Fsp3) is 0.409. The van der Waals surface area contributed by atoms with E-state index in [1.807, 2.05) is 29.2 Å². The van der Waals surface area contributed by atoms with Crippen molar-refractivity contribution in [1.82, 2.24) is 4.90 Å². The lowest BCUT2D eigenvalue weighted by Gasteiger charge is -2.29. The van der Waals surface area contributed by atoms with E-state index in [-0.39, 0.29) is 11.3 Å². The number of amides is 1. The highest BCUT2D eigenvalue weighted by molar-refractivity contribution is 7.99. The molecule has 27 heavy (non-hydrogen) atoms. The van der Waals surface area contributed by atoms with Gasteiger partial charge in [-0.25, -0.2) is 0 Å². The van der Waals surface area contributed by atoms with Crippen molar-refractivity contribution in [2.24, 2.45) is 0 Å². The van der Waals surface area contributed by atoms with Gasteiger partial charge in [0.1, 0.15) is 11.9 Å². The Kier molecular flexibility index (Phi) is 6.85. The molecule has 3 nitrogen and oxygen atoms in total. The fourth-order valence-corrected chi connectivity index (χ4v) is 5.01. The molecule has 1 saturated heterocycles. The fourth-order valence-electron chi connectivity index (χ4n) is 3.39. The van der Waals surface area contributed by atoms with Crippen LogP contribution in [0.15, 0.2) is 48.5 Å². The SMILES string of the molecule is Cc1ccc(C[NH+](CC(=O)N2CCS[C@@H]2c2ccccc2Cl)C(C)C)cc1. The zero-order valence-electron chi connectivity index (χ0n) is 16.2. The molecule has 2 aromatic carbocycles. The van der Waals surface area contributed by atoms with Crippen LogP contribution in [0.1, 0.15) is 35.9 Å². The van der Waals surface area contributed by atoms with Crippen molar-refractivity contribution in [3.63, 3.8) is 0 Å². The van der Waals surface area contributed by atoms with Gasteiger partial charge in [-0.1, -0.05) is 59.6 Å². The van der Waals surface area contributed by atoms with Crippen LogP contribution in [0, 0.1) is 6.92 Å². The first-order valence-electron chi connectivity index (χ1n) is 9.51. The van der Waals surface area contributed by atoms with Crippen molar-refractivity contribution in [2.45, 2.75) is 38.7 Å². The van der Waals surface area contributed by atoms with Crippen molar-refractivity contribution in [2.75, 3.05) is 18.8 Å². The number of halogens is 1. The van der Waals surface area contributed by atoms with E-state index in [4.69, 9.17) is 11.6 Å². The van der Waals surface area contributed by atoms with Gasteiger partial charge in [-0.3, -0.25) is 4.79 Å². The Morgan fingerprint density at radius 3 is 2.59 bits per heavy atom. The first-order chi connectivity index (χ1) is 13.0. The smallest absolute Gasteiger partial charge is 0.278 e. The van der Waals surface area contributed by atoms with Gasteiger partial charge in [-0.2, -0.15) is 0 Å². The lowest BCUT2D eigenvalue weighted by atomic mass is 10.1. The van der Waals surface area contributed by atoms with Crippen molar-refractivity contribution in [1.29, 1.82) is 0 Å². The van der Waals surface area contributed by atoms with Gasteiger partial charge in [0.15, 0.2) is 6.54 Å². The van der Waals surface area contributed by atoms with E-state index in [0.717, 1.165) is 29.4 Å². The van der Waals surface area contributed by atoms with E-state index < -0.39 is 0 Å². The number of carbonyl (C=O) groups excluding carboxylic acids is 1. The summed E-state index contributed by atoms with van der Waals surface area (Å²) in [5, 5.41) is 0.765. The number of thioether (sulfide) groups is 1. The van der Waals surface area contributed by atoms with Gasteiger partial charge < -0.3 is 9.80 Å². The number of rotatable bonds is 6. The molecule has 1 N–H and O–H groups in total. The van der Waals surface area contributed by atoms with E-state index in [9.17, 15) is 4.79 Å². The van der Waals surface area contributed by atoms with Gasteiger partial charge in [-0.05, 0) is 26.8 Å². The van der Waals surface area contributed by atoms with Gasteiger partial charge in [-0.15, -0.1) is 11.8 Å². The number of aryl methyl sites for hydroxylation is 1. The molecule has 1 amide bonds. The molecule has 0 bridgehead atoms. The molecule has 2 aromatic rings. The lowest BCUT2D eigenvalue weighted by molar-refractivity contribution is -0.927. The Labute approximate surface area is 171 Å². The number of nitrogens with zero attached hydrogens (tertiary/aromatic N) is 1. The van der Waals surface area contributed by atoms with E-state index in [1.165, 1.54) is 16.0 Å². The molecule has 0 aliphatic carbocycles. The number of carbonyl (C=O) groups is 1. The molecule has 3 rings (SSSR count).